The van der Waals surface area contributed by atoms with Gasteiger partial charge < -0.3 is 53.4 Å². The van der Waals surface area contributed by atoms with Crippen molar-refractivity contribution >= 4 is 53.5 Å². The Morgan fingerprint density at radius 3 is 1.44 bits per heavy atom. The van der Waals surface area contributed by atoms with Gasteiger partial charge >= 0.3 is 0 Å². The maximum Gasteiger partial charge on any atom is 0.206 e. The van der Waals surface area contributed by atoms with Crippen molar-refractivity contribution < 1.29 is 43.4 Å². The van der Waals surface area contributed by atoms with Crippen LogP contribution in [-0.4, -0.2) is 43.3 Å². The fourth-order valence-corrected chi connectivity index (χ4v) is 10.5. The summed E-state index contributed by atoms with van der Waals surface area (Å²) >= 11 is 0. The summed E-state index contributed by atoms with van der Waals surface area (Å²) in [6.07, 6.45) is 12.4. The second-order valence-electron chi connectivity index (χ2n) is 12.7. The molecule has 0 atom stereocenters. The van der Waals surface area contributed by atoms with Crippen molar-refractivity contribution in [3.05, 3.63) is 144 Å². The first-order valence-corrected chi connectivity index (χ1v) is 21.1. The monoisotopic (exact) mass is 830 g/mol. The molecule has 0 aliphatic heterocycles. The molecule has 0 bridgehead atoms. The van der Waals surface area contributed by atoms with Crippen LogP contribution in [0.5, 0.6) is 11.5 Å². The van der Waals surface area contributed by atoms with Crippen molar-refractivity contribution in [1.82, 2.24) is 29.1 Å². The van der Waals surface area contributed by atoms with Crippen molar-refractivity contribution in [2.75, 3.05) is 14.2 Å². The molecule has 2 N–H and O–H groups in total. The number of aromatic amines is 2. The average molecular weight is 832 g/mol. The SMILES string of the molecule is COc1cc[n+](Cc2nc3ccc(-n4cccc4)cc3[nH]2)c(CSSSCc2c(C)c(OC)cc[n+]2Cc2nc3ccc(-n4cccc4)cc3[nH]2)c1C.[Cl-].[Cl-]. The van der Waals surface area contributed by atoms with E-state index in [1.165, 1.54) is 11.4 Å². The molecular weight excluding hydrogens is 792 g/mol. The lowest BCUT2D eigenvalue weighted by Crippen LogP contribution is -3.00. The summed E-state index contributed by atoms with van der Waals surface area (Å²) in [4.78, 5) is 17.0. The van der Waals surface area contributed by atoms with Gasteiger partial charge in [0.2, 0.25) is 13.1 Å². The largest absolute Gasteiger partial charge is 1.00 e. The number of H-pyrrole nitrogens is 2. The highest BCUT2D eigenvalue weighted by molar-refractivity contribution is 9.09. The van der Waals surface area contributed by atoms with Crippen molar-refractivity contribution in [2.24, 2.45) is 0 Å². The molecule has 8 rings (SSSR count). The Kier molecular flexibility index (Phi) is 13.1. The van der Waals surface area contributed by atoms with Gasteiger partial charge in [-0.25, -0.2) is 9.97 Å². The molecule has 0 unspecified atom stereocenters. The van der Waals surface area contributed by atoms with E-state index in [0.29, 0.717) is 13.1 Å². The maximum atomic E-state index is 5.73. The Hall–Kier alpha value is -4.53. The van der Waals surface area contributed by atoms with Crippen LogP contribution in [0.2, 0.25) is 0 Å². The second kappa shape index (κ2) is 17.9. The van der Waals surface area contributed by atoms with E-state index in [-0.39, 0.29) is 24.8 Å². The number of hydrogen-bond acceptors (Lipinski definition) is 7. The standard InChI is InChI=1S/C40H40N8O2S3.2ClH/c1-27-35(47(19-13-37(27)49-3)23-39-41-31-11-9-29(21-33(31)43-39)45-15-5-6-16-45)25-51-53-52-26-36-28(2)38(50-4)14-20-48(36)24-40-42-32-12-10-30(22-34(32)44-40)46-17-7-8-18-46;;/h5-22H,23-26H2,1-4H3,(H,41,43)(H,42,44);2*1H/q+2;;/p-2. The number of aromatic nitrogens is 8. The second-order valence-corrected chi connectivity index (χ2v) is 16.9. The predicted octanol–water partition coefficient (Wildman–Crippen LogP) is 2.06. The third-order valence-corrected chi connectivity index (χ3v) is 13.5. The molecule has 0 radical (unpaired) electrons. The Morgan fingerprint density at radius 1 is 0.618 bits per heavy atom. The van der Waals surface area contributed by atoms with Gasteiger partial charge in [0.25, 0.3) is 0 Å². The van der Waals surface area contributed by atoms with Crippen LogP contribution in [0.25, 0.3) is 33.4 Å². The van der Waals surface area contributed by atoms with Crippen molar-refractivity contribution in [3.8, 4) is 22.9 Å². The van der Waals surface area contributed by atoms with E-state index in [4.69, 9.17) is 19.4 Å². The van der Waals surface area contributed by atoms with Crippen LogP contribution in [0.4, 0.5) is 0 Å². The zero-order chi connectivity index (χ0) is 36.3. The lowest BCUT2D eigenvalue weighted by Gasteiger charge is -2.11. The molecule has 8 aromatic rings. The van der Waals surface area contributed by atoms with Gasteiger partial charge in [0.15, 0.2) is 35.4 Å². The van der Waals surface area contributed by atoms with Gasteiger partial charge in [-0.1, -0.05) is 21.6 Å². The van der Waals surface area contributed by atoms with Crippen LogP contribution in [0.15, 0.2) is 110 Å². The highest BCUT2D eigenvalue weighted by Gasteiger charge is 2.23. The van der Waals surface area contributed by atoms with E-state index in [9.17, 15) is 0 Å². The molecule has 0 saturated carbocycles. The number of imidazole rings is 2. The summed E-state index contributed by atoms with van der Waals surface area (Å²) in [5, 5.41) is 0. The van der Waals surface area contributed by atoms with E-state index < -0.39 is 0 Å². The third-order valence-electron chi connectivity index (χ3n) is 9.51. The number of fused-ring (bicyclic) bond motifs is 2. The first-order chi connectivity index (χ1) is 26.0. The first kappa shape index (κ1) is 40.1. The predicted molar refractivity (Wildman–Crippen MR) is 215 cm³/mol. The molecule has 0 saturated heterocycles. The molecule has 10 nitrogen and oxygen atoms in total. The molecule has 0 fully saturated rings. The molecule has 2 aromatic carbocycles. The van der Waals surface area contributed by atoms with Crippen LogP contribution in [0, 0.1) is 13.8 Å². The molecule has 0 spiro atoms. The molecule has 284 valence electrons. The van der Waals surface area contributed by atoms with E-state index in [2.05, 4.69) is 90.9 Å². The van der Waals surface area contributed by atoms with Crippen LogP contribution >= 0.6 is 31.4 Å². The summed E-state index contributed by atoms with van der Waals surface area (Å²) < 4.78 is 20.2. The molecular formula is C40H40Cl2N8O2S3. The van der Waals surface area contributed by atoms with E-state index in [1.54, 1.807) is 24.0 Å². The van der Waals surface area contributed by atoms with Gasteiger partial charge in [0, 0.05) is 48.3 Å². The fraction of sp³-hybridized carbons (Fsp3) is 0.200. The number of benzene rings is 2. The molecule has 15 heteroatoms. The van der Waals surface area contributed by atoms with Gasteiger partial charge in [-0.3, -0.25) is 0 Å². The fourth-order valence-electron chi connectivity index (χ4n) is 6.68. The molecule has 0 amide bonds. The van der Waals surface area contributed by atoms with Gasteiger partial charge in [-0.15, -0.1) is 0 Å². The summed E-state index contributed by atoms with van der Waals surface area (Å²) in [5.41, 5.74) is 10.8. The van der Waals surface area contributed by atoms with E-state index in [1.807, 2.05) is 82.8 Å². The quantitative estimate of drug-likeness (QED) is 0.0987. The summed E-state index contributed by atoms with van der Waals surface area (Å²) in [7, 11) is 8.91. The maximum absolute atomic E-state index is 5.73. The molecule has 0 aliphatic carbocycles. The zero-order valence-electron chi connectivity index (χ0n) is 30.7. The van der Waals surface area contributed by atoms with Crippen molar-refractivity contribution in [1.29, 1.82) is 0 Å². The summed E-state index contributed by atoms with van der Waals surface area (Å²) in [6, 6.07) is 24.8. The average Bonchev–Trinajstić information content (AvgIpc) is 4.00. The highest BCUT2D eigenvalue weighted by atomic mass is 35.5. The minimum atomic E-state index is 0. The summed E-state index contributed by atoms with van der Waals surface area (Å²) in [5.74, 6) is 5.21. The Bertz CT molecular complexity index is 2350. The number of pyridine rings is 2. The number of methoxy groups -OCH3 is 2. The normalized spacial score (nSPS) is 11.1. The van der Waals surface area contributed by atoms with E-state index >= 15 is 0 Å². The lowest BCUT2D eigenvalue weighted by molar-refractivity contribution is -0.696. The van der Waals surface area contributed by atoms with Crippen LogP contribution in [-0.2, 0) is 24.6 Å². The third kappa shape index (κ3) is 8.66. The lowest BCUT2D eigenvalue weighted by atomic mass is 10.2. The van der Waals surface area contributed by atoms with Gasteiger partial charge in [-0.05, 0) is 84.3 Å². The smallest absolute Gasteiger partial charge is 0.206 e. The number of halogens is 2. The molecule has 6 aromatic heterocycles. The van der Waals surface area contributed by atoms with Gasteiger partial charge in [-0.2, -0.15) is 9.13 Å². The number of hydrogen-bond donors (Lipinski definition) is 2. The number of nitrogens with one attached hydrogen (secondary N) is 2. The van der Waals surface area contributed by atoms with Crippen LogP contribution in [0.3, 0.4) is 0 Å². The van der Waals surface area contributed by atoms with E-state index in [0.717, 1.165) is 79.2 Å². The van der Waals surface area contributed by atoms with Crippen molar-refractivity contribution in [2.45, 2.75) is 38.4 Å². The number of rotatable bonds is 14. The van der Waals surface area contributed by atoms with Crippen molar-refractivity contribution in [3.63, 3.8) is 0 Å². The topological polar surface area (TPSA) is 93.4 Å². The molecule has 0 aliphatic rings. The highest BCUT2D eigenvalue weighted by Crippen LogP contribution is 2.40. The number of nitrogens with zero attached hydrogens (tertiary/aromatic N) is 6. The zero-order valence-corrected chi connectivity index (χ0v) is 34.7. The minimum Gasteiger partial charge on any atom is -1.00 e. The van der Waals surface area contributed by atoms with Gasteiger partial charge in [0.1, 0.15) is 11.5 Å². The van der Waals surface area contributed by atoms with Crippen LogP contribution in [0.1, 0.15) is 34.2 Å². The first-order valence-electron chi connectivity index (χ1n) is 17.2. The Balaban J connectivity index is 0.00000257. The molecule has 55 heavy (non-hydrogen) atoms. The Labute approximate surface area is 343 Å². The summed E-state index contributed by atoms with van der Waals surface area (Å²) in [6.45, 7) is 5.52. The van der Waals surface area contributed by atoms with Gasteiger partial charge in [0.05, 0.1) is 58.9 Å². The minimum absolute atomic E-state index is 0. The number of ether oxygens (including phenoxy) is 2. The Morgan fingerprint density at radius 2 is 1.04 bits per heavy atom. The molecule has 6 heterocycles. The van der Waals surface area contributed by atoms with Crippen LogP contribution < -0.4 is 43.4 Å².